The number of carboxylic acids is 1. The third kappa shape index (κ3) is 5.86. The molecule has 0 fully saturated rings. The second-order valence-electron chi connectivity index (χ2n) is 8.94. The van der Waals surface area contributed by atoms with E-state index in [9.17, 15) is 27.9 Å². The lowest BCUT2D eigenvalue weighted by Gasteiger charge is -2.24. The molecule has 1 aromatic heterocycles. The summed E-state index contributed by atoms with van der Waals surface area (Å²) in [5, 5.41) is 12.3. The number of anilines is 1. The van der Waals surface area contributed by atoms with Crippen molar-refractivity contribution in [3.63, 3.8) is 0 Å². The van der Waals surface area contributed by atoms with Crippen LogP contribution in [-0.2, 0) is 11.0 Å². The molecule has 3 aromatic carbocycles. The van der Waals surface area contributed by atoms with Crippen molar-refractivity contribution >= 4 is 29.3 Å². The summed E-state index contributed by atoms with van der Waals surface area (Å²) < 4.78 is 50.4. The van der Waals surface area contributed by atoms with E-state index in [-0.39, 0.29) is 23.2 Å². The zero-order valence-electron chi connectivity index (χ0n) is 20.5. The third-order valence-electron chi connectivity index (χ3n) is 6.27. The van der Waals surface area contributed by atoms with Crippen LogP contribution >= 0.6 is 11.6 Å². The lowest BCUT2D eigenvalue weighted by atomic mass is 9.93. The van der Waals surface area contributed by atoms with Gasteiger partial charge in [-0.2, -0.15) is 13.2 Å². The lowest BCUT2D eigenvalue weighted by molar-refractivity contribution is -0.139. The van der Waals surface area contributed by atoms with Crippen LogP contribution in [0.5, 0.6) is 17.2 Å². The number of nitrogens with one attached hydrogen (secondary N) is 1. The number of hydrogen-bond acceptors (Lipinski definition) is 5. The zero-order valence-corrected chi connectivity index (χ0v) is 21.3. The van der Waals surface area contributed by atoms with Crippen LogP contribution in [0.2, 0.25) is 5.02 Å². The molecule has 204 valence electrons. The van der Waals surface area contributed by atoms with Crippen LogP contribution in [-0.4, -0.2) is 28.6 Å². The van der Waals surface area contributed by atoms with E-state index in [1.807, 2.05) is 0 Å². The van der Waals surface area contributed by atoms with Gasteiger partial charge in [-0.3, -0.25) is 9.59 Å². The van der Waals surface area contributed by atoms with Crippen LogP contribution in [0.15, 0.2) is 79.0 Å². The van der Waals surface area contributed by atoms with Gasteiger partial charge in [0.2, 0.25) is 0 Å². The Morgan fingerprint density at radius 3 is 2.48 bits per heavy atom. The van der Waals surface area contributed by atoms with Crippen molar-refractivity contribution < 1.29 is 37.3 Å². The first kappa shape index (κ1) is 27.0. The molecule has 40 heavy (non-hydrogen) atoms. The lowest BCUT2D eigenvalue weighted by Crippen LogP contribution is -2.20. The van der Waals surface area contributed by atoms with Gasteiger partial charge in [0.1, 0.15) is 23.1 Å². The molecule has 1 atom stereocenters. The highest BCUT2D eigenvalue weighted by Crippen LogP contribution is 2.42. The van der Waals surface area contributed by atoms with Gasteiger partial charge in [0, 0.05) is 29.0 Å². The first-order valence-corrected chi connectivity index (χ1v) is 12.4. The number of pyridine rings is 1. The van der Waals surface area contributed by atoms with E-state index in [4.69, 9.17) is 21.1 Å². The number of carbonyl (C=O) groups is 2. The van der Waals surface area contributed by atoms with Crippen LogP contribution in [0, 0.1) is 0 Å². The number of aromatic nitrogens is 1. The number of carboxylic acid groups (broad SMARTS) is 1. The number of amides is 1. The van der Waals surface area contributed by atoms with Crippen molar-refractivity contribution in [2.24, 2.45) is 0 Å². The maximum absolute atomic E-state index is 13.0. The normalized spacial score (nSPS) is 14.6. The number of alkyl halides is 3. The van der Waals surface area contributed by atoms with Crippen LogP contribution in [0.1, 0.15) is 33.8 Å². The highest BCUT2D eigenvalue weighted by Gasteiger charge is 2.31. The molecule has 2 N–H and O–H groups in total. The first-order chi connectivity index (χ1) is 19.1. The van der Waals surface area contributed by atoms with Gasteiger partial charge in [-0.05, 0) is 66.6 Å². The summed E-state index contributed by atoms with van der Waals surface area (Å²) >= 11 is 6.34. The Morgan fingerprint density at radius 1 is 1.02 bits per heavy atom. The van der Waals surface area contributed by atoms with E-state index in [0.29, 0.717) is 40.2 Å². The molecule has 4 aromatic rings. The summed E-state index contributed by atoms with van der Waals surface area (Å²) in [5.74, 6) is -0.848. The summed E-state index contributed by atoms with van der Waals surface area (Å²) in [6.45, 7) is 0.262. The highest BCUT2D eigenvalue weighted by molar-refractivity contribution is 6.32. The molecule has 1 unspecified atom stereocenters. The fraction of sp³-hybridized carbons (Fsp3) is 0.138. The molecule has 7 nitrogen and oxygen atoms in total. The number of aliphatic carboxylic acids is 1. The van der Waals surface area contributed by atoms with E-state index >= 15 is 0 Å². The van der Waals surface area contributed by atoms with Gasteiger partial charge in [-0.25, -0.2) is 4.98 Å². The smallest absolute Gasteiger partial charge is 0.416 e. The molecule has 11 heteroatoms. The highest BCUT2D eigenvalue weighted by atomic mass is 35.5. The average molecular weight is 569 g/mol. The van der Waals surface area contributed by atoms with Crippen LogP contribution in [0.25, 0.3) is 11.1 Å². The van der Waals surface area contributed by atoms with Crippen LogP contribution in [0.3, 0.4) is 0 Å². The Kier molecular flexibility index (Phi) is 7.36. The number of nitrogens with zero attached hydrogens (tertiary/aromatic N) is 1. The molecule has 0 spiro atoms. The fourth-order valence-electron chi connectivity index (χ4n) is 4.23. The van der Waals surface area contributed by atoms with Crippen LogP contribution < -0.4 is 14.8 Å². The van der Waals surface area contributed by atoms with Crippen molar-refractivity contribution in [1.82, 2.24) is 4.98 Å². The molecule has 1 aliphatic heterocycles. The van der Waals surface area contributed by atoms with Gasteiger partial charge in [0.15, 0.2) is 0 Å². The minimum atomic E-state index is -4.45. The molecule has 1 amide bonds. The van der Waals surface area contributed by atoms with Gasteiger partial charge >= 0.3 is 12.1 Å². The maximum atomic E-state index is 13.0. The van der Waals surface area contributed by atoms with Gasteiger partial charge in [-0.1, -0.05) is 23.7 Å². The summed E-state index contributed by atoms with van der Waals surface area (Å²) in [5.41, 5.74) is 0.849. The predicted molar refractivity (Wildman–Crippen MR) is 141 cm³/mol. The zero-order chi connectivity index (χ0) is 28.4. The average Bonchev–Trinajstić information content (AvgIpc) is 2.93. The number of halogens is 4. The number of hydrogen-bond donors (Lipinski definition) is 2. The standard InChI is InChI=1S/C29H20ClF3N2O5/c30-23-13-22-21(28(37)38)10-11-39-24(22)14-25(23)40-20-7-4-16(5-8-20)27(36)35-26-9-6-18(15-34-26)17-2-1-3-19(12-17)29(31,32)33/h1-9,12-15,21H,10-11H2,(H,37,38)(H,34,35,36). The summed E-state index contributed by atoms with van der Waals surface area (Å²) in [7, 11) is 0. The van der Waals surface area contributed by atoms with Gasteiger partial charge in [-0.15, -0.1) is 0 Å². The maximum Gasteiger partial charge on any atom is 0.416 e. The fourth-order valence-corrected chi connectivity index (χ4v) is 4.44. The molecule has 0 radical (unpaired) electrons. The molecular formula is C29H20ClF3N2O5. The molecule has 5 rings (SSSR count). The number of carbonyl (C=O) groups excluding carboxylic acids is 1. The largest absolute Gasteiger partial charge is 0.493 e. The summed E-state index contributed by atoms with van der Waals surface area (Å²) in [4.78, 5) is 28.4. The van der Waals surface area contributed by atoms with Crippen molar-refractivity contribution in [3.05, 3.63) is 101 Å². The molecule has 1 aliphatic rings. The van der Waals surface area contributed by atoms with Crippen molar-refractivity contribution in [3.8, 4) is 28.4 Å². The van der Waals surface area contributed by atoms with E-state index < -0.39 is 29.5 Å². The van der Waals surface area contributed by atoms with E-state index in [2.05, 4.69) is 10.3 Å². The Labute approximate surface area is 231 Å². The minimum Gasteiger partial charge on any atom is -0.493 e. The Balaban J connectivity index is 1.24. The molecule has 0 aliphatic carbocycles. The molecule has 0 saturated heterocycles. The SMILES string of the molecule is O=C(Nc1ccc(-c2cccc(C(F)(F)F)c2)cn1)c1ccc(Oc2cc3c(cc2Cl)C(C(=O)O)CCO3)cc1. The molecule has 2 heterocycles. The van der Waals surface area contributed by atoms with Gasteiger partial charge < -0.3 is 19.9 Å². The predicted octanol–water partition coefficient (Wildman–Crippen LogP) is 7.42. The number of rotatable bonds is 6. The topological polar surface area (TPSA) is 97.8 Å². The van der Waals surface area contributed by atoms with E-state index in [1.54, 1.807) is 30.3 Å². The Hall–Kier alpha value is -4.57. The molecular weight excluding hydrogens is 549 g/mol. The number of ether oxygens (including phenoxy) is 2. The third-order valence-corrected chi connectivity index (χ3v) is 6.57. The van der Waals surface area contributed by atoms with Crippen molar-refractivity contribution in [2.75, 3.05) is 11.9 Å². The second-order valence-corrected chi connectivity index (χ2v) is 9.35. The van der Waals surface area contributed by atoms with E-state index in [0.717, 1.165) is 12.1 Å². The first-order valence-electron chi connectivity index (χ1n) is 12.0. The van der Waals surface area contributed by atoms with E-state index in [1.165, 1.54) is 36.5 Å². The van der Waals surface area contributed by atoms with Crippen LogP contribution in [0.4, 0.5) is 19.0 Å². The van der Waals surface area contributed by atoms with Crippen molar-refractivity contribution in [2.45, 2.75) is 18.5 Å². The second kappa shape index (κ2) is 10.9. The monoisotopic (exact) mass is 568 g/mol. The quantitative estimate of drug-likeness (QED) is 0.251. The Morgan fingerprint density at radius 2 is 1.80 bits per heavy atom. The molecule has 0 bridgehead atoms. The minimum absolute atomic E-state index is 0.219. The van der Waals surface area contributed by atoms with Gasteiger partial charge in [0.25, 0.3) is 5.91 Å². The Bertz CT molecular complexity index is 1570. The summed E-state index contributed by atoms with van der Waals surface area (Å²) in [6.07, 6.45) is -2.73. The molecule has 0 saturated carbocycles. The number of benzene rings is 3. The summed E-state index contributed by atoms with van der Waals surface area (Å²) in [6, 6.07) is 17.2. The van der Waals surface area contributed by atoms with Gasteiger partial charge in [0.05, 0.1) is 23.1 Å². The van der Waals surface area contributed by atoms with Crippen molar-refractivity contribution in [1.29, 1.82) is 0 Å². The number of fused-ring (bicyclic) bond motifs is 1.